The molecular formula is C32H37F7O3. The maximum Gasteiger partial charge on any atom is 0.400 e. The molecule has 1 aliphatic heterocycles. The minimum Gasteiger partial charge on any atom is -0.432 e. The van der Waals surface area contributed by atoms with Gasteiger partial charge in [-0.05, 0) is 92.0 Å². The van der Waals surface area contributed by atoms with Gasteiger partial charge in [0.15, 0.2) is 6.29 Å². The topological polar surface area (TPSA) is 27.7 Å². The third-order valence-electron chi connectivity index (χ3n) is 9.05. The molecule has 0 amide bonds. The van der Waals surface area contributed by atoms with Gasteiger partial charge in [0.25, 0.3) is 0 Å². The summed E-state index contributed by atoms with van der Waals surface area (Å²) in [7, 11) is 0. The van der Waals surface area contributed by atoms with Crippen LogP contribution in [0.4, 0.5) is 30.7 Å². The van der Waals surface area contributed by atoms with Crippen molar-refractivity contribution in [3.05, 3.63) is 64.7 Å². The van der Waals surface area contributed by atoms with E-state index >= 15 is 4.39 Å². The van der Waals surface area contributed by atoms with Crippen LogP contribution in [0.2, 0.25) is 0 Å². The van der Waals surface area contributed by atoms with E-state index in [1.807, 2.05) is 6.07 Å². The fraction of sp³-hybridized carbons (Fsp3) is 0.625. The number of ether oxygens (including phenoxy) is 3. The van der Waals surface area contributed by atoms with E-state index in [0.717, 1.165) is 43.4 Å². The second-order valence-electron chi connectivity index (χ2n) is 12.3. The molecule has 0 spiro atoms. The average Bonchev–Trinajstić information content (AvgIpc) is 2.94. The summed E-state index contributed by atoms with van der Waals surface area (Å²) in [6, 6.07) is 7.63. The molecule has 10 heteroatoms. The van der Waals surface area contributed by atoms with E-state index in [-0.39, 0.29) is 36.8 Å². The standard InChI is InChI=1S/C32H37F7O3/c1-19-17-40-30(41-18-19)22-4-2-20(3-5-22)23-9-13-27(29(34)14-23)21-6-10-25(11-7-21)32(38,39)42-26-12-8-24(28(33)15-26)16-31(35,36)37/h8-9,12-15,19-22,25,30H,2-7,10-11,16-18H2,1H3. The first-order valence-corrected chi connectivity index (χ1v) is 14.8. The molecule has 232 valence electrons. The molecule has 3 fully saturated rings. The quantitative estimate of drug-likeness (QED) is 0.296. The van der Waals surface area contributed by atoms with Crippen LogP contribution in [0.1, 0.15) is 86.8 Å². The summed E-state index contributed by atoms with van der Waals surface area (Å²) in [5, 5.41) is 0. The lowest BCUT2D eigenvalue weighted by molar-refractivity contribution is -0.226. The lowest BCUT2D eigenvalue weighted by Crippen LogP contribution is -2.37. The van der Waals surface area contributed by atoms with Crippen molar-refractivity contribution in [2.75, 3.05) is 13.2 Å². The summed E-state index contributed by atoms with van der Waals surface area (Å²) in [4.78, 5) is 0. The van der Waals surface area contributed by atoms with Crippen LogP contribution in [0.25, 0.3) is 0 Å². The van der Waals surface area contributed by atoms with E-state index < -0.39 is 41.8 Å². The maximum absolute atomic E-state index is 15.3. The third-order valence-corrected chi connectivity index (χ3v) is 9.05. The summed E-state index contributed by atoms with van der Waals surface area (Å²) >= 11 is 0. The zero-order chi connectivity index (χ0) is 30.1. The first kappa shape index (κ1) is 31.1. The van der Waals surface area contributed by atoms with Crippen LogP contribution in [0.3, 0.4) is 0 Å². The smallest absolute Gasteiger partial charge is 0.400 e. The number of hydrogen-bond acceptors (Lipinski definition) is 3. The van der Waals surface area contributed by atoms with Gasteiger partial charge in [0.2, 0.25) is 0 Å². The summed E-state index contributed by atoms with van der Waals surface area (Å²) in [6.07, 6.45) is -5.33. The van der Waals surface area contributed by atoms with Gasteiger partial charge < -0.3 is 14.2 Å². The monoisotopic (exact) mass is 602 g/mol. The fourth-order valence-electron chi connectivity index (χ4n) is 6.67. The van der Waals surface area contributed by atoms with Crippen molar-refractivity contribution in [3.63, 3.8) is 0 Å². The van der Waals surface area contributed by atoms with E-state index in [9.17, 15) is 26.3 Å². The number of hydrogen-bond donors (Lipinski definition) is 0. The van der Waals surface area contributed by atoms with Gasteiger partial charge in [-0.2, -0.15) is 22.0 Å². The van der Waals surface area contributed by atoms with Crippen LogP contribution in [0.15, 0.2) is 36.4 Å². The Morgan fingerprint density at radius 1 is 0.762 bits per heavy atom. The summed E-state index contributed by atoms with van der Waals surface area (Å²) in [6.45, 7) is 3.53. The molecule has 5 rings (SSSR count). The second kappa shape index (κ2) is 12.7. The van der Waals surface area contributed by atoms with Crippen molar-refractivity contribution in [2.45, 2.75) is 95.1 Å². The van der Waals surface area contributed by atoms with Crippen molar-refractivity contribution in [2.24, 2.45) is 17.8 Å². The molecule has 1 saturated heterocycles. The normalized spacial score (nSPS) is 29.3. The lowest BCUT2D eigenvalue weighted by atomic mass is 9.76. The Balaban J connectivity index is 1.13. The molecule has 0 unspecified atom stereocenters. The Kier molecular flexibility index (Phi) is 9.42. The van der Waals surface area contributed by atoms with Gasteiger partial charge in [-0.3, -0.25) is 0 Å². The molecule has 2 saturated carbocycles. The van der Waals surface area contributed by atoms with Gasteiger partial charge in [-0.25, -0.2) is 8.78 Å². The summed E-state index contributed by atoms with van der Waals surface area (Å²) in [5.74, 6) is -2.47. The van der Waals surface area contributed by atoms with Gasteiger partial charge in [-0.15, -0.1) is 0 Å². The molecule has 3 nitrogen and oxygen atoms in total. The van der Waals surface area contributed by atoms with Crippen LogP contribution in [0.5, 0.6) is 5.75 Å². The van der Waals surface area contributed by atoms with Crippen molar-refractivity contribution in [1.82, 2.24) is 0 Å². The van der Waals surface area contributed by atoms with Crippen LogP contribution < -0.4 is 4.74 Å². The Hall–Kier alpha value is -2.33. The summed E-state index contributed by atoms with van der Waals surface area (Å²) in [5.41, 5.74) is 0.837. The molecule has 0 atom stereocenters. The van der Waals surface area contributed by atoms with Crippen molar-refractivity contribution >= 4 is 0 Å². The van der Waals surface area contributed by atoms with Crippen LogP contribution >= 0.6 is 0 Å². The van der Waals surface area contributed by atoms with Gasteiger partial charge in [-0.1, -0.05) is 25.1 Å². The molecule has 42 heavy (non-hydrogen) atoms. The van der Waals surface area contributed by atoms with E-state index in [1.54, 1.807) is 12.1 Å². The second-order valence-corrected chi connectivity index (χ2v) is 12.3. The molecule has 3 aliphatic rings. The molecule has 2 aromatic rings. The minimum atomic E-state index is -4.62. The first-order valence-electron chi connectivity index (χ1n) is 14.8. The highest BCUT2D eigenvalue weighted by Crippen LogP contribution is 2.45. The molecule has 0 radical (unpaired) electrons. The maximum atomic E-state index is 15.3. The number of alkyl halides is 5. The Labute approximate surface area is 241 Å². The number of rotatable bonds is 7. The van der Waals surface area contributed by atoms with Gasteiger partial charge in [0.1, 0.15) is 17.4 Å². The predicted octanol–water partition coefficient (Wildman–Crippen LogP) is 9.30. The van der Waals surface area contributed by atoms with Crippen molar-refractivity contribution in [3.8, 4) is 5.75 Å². The molecule has 2 aliphatic carbocycles. The molecule has 0 bridgehead atoms. The van der Waals surface area contributed by atoms with E-state index in [4.69, 9.17) is 14.2 Å². The van der Waals surface area contributed by atoms with E-state index in [0.29, 0.717) is 49.5 Å². The molecule has 0 aromatic heterocycles. The zero-order valence-electron chi connectivity index (χ0n) is 23.6. The van der Waals surface area contributed by atoms with Crippen LogP contribution in [0, 0.1) is 29.4 Å². The highest BCUT2D eigenvalue weighted by molar-refractivity contribution is 5.31. The lowest BCUT2D eigenvalue weighted by Gasteiger charge is -2.37. The number of benzene rings is 2. The average molecular weight is 603 g/mol. The van der Waals surface area contributed by atoms with Crippen LogP contribution in [-0.4, -0.2) is 31.8 Å². The number of halogens is 7. The Morgan fingerprint density at radius 2 is 1.40 bits per heavy atom. The Morgan fingerprint density at radius 3 is 2.00 bits per heavy atom. The SMILES string of the molecule is CC1COC(C2CCC(c3ccc(C4CCC(C(F)(F)Oc5ccc(CC(F)(F)F)c(F)c5)CC4)c(F)c3)CC2)OC1. The van der Waals surface area contributed by atoms with Crippen molar-refractivity contribution in [1.29, 1.82) is 0 Å². The third kappa shape index (κ3) is 7.59. The zero-order valence-corrected chi connectivity index (χ0v) is 23.6. The highest BCUT2D eigenvalue weighted by atomic mass is 19.4. The fourth-order valence-corrected chi connectivity index (χ4v) is 6.67. The highest BCUT2D eigenvalue weighted by Gasteiger charge is 2.44. The molecule has 0 N–H and O–H groups in total. The van der Waals surface area contributed by atoms with Crippen molar-refractivity contribution < 1.29 is 44.9 Å². The largest absolute Gasteiger partial charge is 0.432 e. The van der Waals surface area contributed by atoms with E-state index in [1.165, 1.54) is 0 Å². The van der Waals surface area contributed by atoms with Gasteiger partial charge in [0, 0.05) is 17.9 Å². The Bertz CT molecular complexity index is 1190. The predicted molar refractivity (Wildman–Crippen MR) is 142 cm³/mol. The van der Waals surface area contributed by atoms with Gasteiger partial charge >= 0.3 is 12.3 Å². The minimum absolute atomic E-state index is 0.0710. The molecular weight excluding hydrogens is 565 g/mol. The van der Waals surface area contributed by atoms with Crippen LogP contribution in [-0.2, 0) is 15.9 Å². The van der Waals surface area contributed by atoms with Gasteiger partial charge in [0.05, 0.1) is 25.6 Å². The summed E-state index contributed by atoms with van der Waals surface area (Å²) < 4.78 is 113. The molecule has 1 heterocycles. The first-order chi connectivity index (χ1) is 19.9. The molecule has 2 aromatic carbocycles. The van der Waals surface area contributed by atoms with E-state index in [2.05, 4.69) is 6.92 Å².